The first kappa shape index (κ1) is 14.3. The van der Waals surface area contributed by atoms with Crippen LogP contribution in [0.1, 0.15) is 25.7 Å². The fraction of sp³-hybridized carbons (Fsp3) is 0.667. The summed E-state index contributed by atoms with van der Waals surface area (Å²) in [5, 5.41) is 8.70. The van der Waals surface area contributed by atoms with Crippen molar-refractivity contribution in [1.82, 2.24) is 4.90 Å². The quantitative estimate of drug-likeness (QED) is 0.418. The summed E-state index contributed by atoms with van der Waals surface area (Å²) in [6.07, 6.45) is 6.67. The van der Waals surface area contributed by atoms with E-state index in [0.29, 0.717) is 25.8 Å². The van der Waals surface area contributed by atoms with E-state index in [1.807, 2.05) is 0 Å². The molecular weight excluding hydrogens is 272 g/mol. The van der Waals surface area contributed by atoms with E-state index < -0.39 is 12.0 Å². The van der Waals surface area contributed by atoms with Crippen LogP contribution < -0.4 is 5.73 Å². The Labute approximate surface area is 123 Å². The number of carbonyl (C=O) groups excluding carboxylic acids is 2. The van der Waals surface area contributed by atoms with Crippen molar-refractivity contribution >= 4 is 17.8 Å². The number of hydrogen-bond donors (Lipinski definition) is 2. The van der Waals surface area contributed by atoms with Crippen molar-refractivity contribution < 1.29 is 19.5 Å². The number of aliphatic carboxylic acids is 1. The molecule has 2 fully saturated rings. The summed E-state index contributed by atoms with van der Waals surface area (Å²) in [4.78, 5) is 36.7. The molecule has 0 aromatic heterocycles. The molecule has 1 aliphatic heterocycles. The average Bonchev–Trinajstić information content (AvgIpc) is 3.11. The molecule has 0 radical (unpaired) electrons. The largest absolute Gasteiger partial charge is 0.480 e. The van der Waals surface area contributed by atoms with Gasteiger partial charge < -0.3 is 10.8 Å². The van der Waals surface area contributed by atoms with Crippen molar-refractivity contribution in [3.63, 3.8) is 0 Å². The first-order valence-electron chi connectivity index (χ1n) is 7.52. The number of hydrogen-bond acceptors (Lipinski definition) is 4. The number of carbonyl (C=O) groups is 3. The third-order valence-electron chi connectivity index (χ3n) is 5.03. The molecule has 0 spiro atoms. The zero-order valence-electron chi connectivity index (χ0n) is 11.8. The maximum atomic E-state index is 12.4. The van der Waals surface area contributed by atoms with Crippen molar-refractivity contribution in [3.05, 3.63) is 12.2 Å². The number of unbranched alkanes of at least 4 members (excludes halogenated alkanes) is 1. The number of likely N-dealkylation sites (tertiary alicyclic amines) is 1. The smallest absolute Gasteiger partial charge is 0.320 e. The summed E-state index contributed by atoms with van der Waals surface area (Å²) in [5.41, 5.74) is 5.43. The minimum absolute atomic E-state index is 0.0376. The predicted molar refractivity (Wildman–Crippen MR) is 73.9 cm³/mol. The van der Waals surface area contributed by atoms with Crippen molar-refractivity contribution in [2.45, 2.75) is 31.7 Å². The van der Waals surface area contributed by atoms with Crippen LogP contribution in [0.3, 0.4) is 0 Å². The second-order valence-electron chi connectivity index (χ2n) is 6.27. The summed E-state index contributed by atoms with van der Waals surface area (Å²) in [6.45, 7) is 0.385. The van der Waals surface area contributed by atoms with Gasteiger partial charge in [-0.2, -0.15) is 0 Å². The number of carboxylic acids is 1. The van der Waals surface area contributed by atoms with Crippen LogP contribution in [-0.4, -0.2) is 40.4 Å². The van der Waals surface area contributed by atoms with Crippen LogP contribution in [0.15, 0.2) is 12.2 Å². The number of allylic oxidation sites excluding steroid dienone is 2. The van der Waals surface area contributed by atoms with Gasteiger partial charge in [-0.25, -0.2) is 0 Å². The molecule has 1 heterocycles. The zero-order chi connectivity index (χ0) is 15.1. The van der Waals surface area contributed by atoms with Gasteiger partial charge in [-0.05, 0) is 37.5 Å². The van der Waals surface area contributed by atoms with E-state index in [9.17, 15) is 14.4 Å². The lowest BCUT2D eigenvalue weighted by molar-refractivity contribution is -0.141. The van der Waals surface area contributed by atoms with Gasteiger partial charge in [-0.15, -0.1) is 0 Å². The van der Waals surface area contributed by atoms with Crippen LogP contribution >= 0.6 is 0 Å². The lowest BCUT2D eigenvalue weighted by atomic mass is 9.85. The lowest BCUT2D eigenvalue weighted by Crippen LogP contribution is -2.34. The van der Waals surface area contributed by atoms with Crippen LogP contribution in [0.5, 0.6) is 0 Å². The van der Waals surface area contributed by atoms with Crippen molar-refractivity contribution in [3.8, 4) is 0 Å². The highest BCUT2D eigenvalue weighted by Gasteiger charge is 2.58. The number of imide groups is 1. The minimum atomic E-state index is -1.01. The maximum absolute atomic E-state index is 12.4. The molecule has 6 nitrogen and oxygen atoms in total. The van der Waals surface area contributed by atoms with Crippen molar-refractivity contribution in [2.75, 3.05) is 6.54 Å². The van der Waals surface area contributed by atoms with Gasteiger partial charge in [0.25, 0.3) is 0 Å². The molecule has 21 heavy (non-hydrogen) atoms. The molecule has 1 saturated heterocycles. The summed E-state index contributed by atoms with van der Waals surface area (Å²) in [7, 11) is 0. The van der Waals surface area contributed by atoms with Crippen molar-refractivity contribution in [2.24, 2.45) is 29.4 Å². The summed E-state index contributed by atoms with van der Waals surface area (Å²) in [6, 6.07) is -0.866. The zero-order valence-corrected chi connectivity index (χ0v) is 11.8. The van der Waals surface area contributed by atoms with E-state index in [0.717, 1.165) is 6.42 Å². The predicted octanol–water partition coefficient (Wildman–Crippen LogP) is 0.376. The molecule has 3 aliphatic rings. The highest BCUT2D eigenvalue weighted by atomic mass is 16.4. The van der Waals surface area contributed by atoms with Crippen LogP contribution in [0, 0.1) is 23.7 Å². The van der Waals surface area contributed by atoms with E-state index in [4.69, 9.17) is 10.8 Å². The first-order chi connectivity index (χ1) is 10.0. The molecule has 114 valence electrons. The second kappa shape index (κ2) is 5.26. The second-order valence-corrected chi connectivity index (χ2v) is 6.27. The van der Waals surface area contributed by atoms with Crippen LogP contribution in [0.25, 0.3) is 0 Å². The fourth-order valence-corrected chi connectivity index (χ4v) is 3.94. The van der Waals surface area contributed by atoms with Crippen LogP contribution in [0.2, 0.25) is 0 Å². The number of fused-ring (bicyclic) bond motifs is 5. The van der Waals surface area contributed by atoms with E-state index in [-0.39, 0.29) is 35.5 Å². The third-order valence-corrected chi connectivity index (χ3v) is 5.03. The molecular formula is C15H20N2O4. The van der Waals surface area contributed by atoms with E-state index >= 15 is 0 Å². The van der Waals surface area contributed by atoms with Gasteiger partial charge in [0, 0.05) is 6.54 Å². The molecule has 2 aliphatic carbocycles. The Bertz CT molecular complexity index is 486. The first-order valence-corrected chi connectivity index (χ1v) is 7.52. The van der Waals surface area contributed by atoms with Gasteiger partial charge in [0.1, 0.15) is 6.04 Å². The Kier molecular flexibility index (Phi) is 3.57. The average molecular weight is 292 g/mol. The molecule has 0 aromatic carbocycles. The molecule has 2 bridgehead atoms. The lowest BCUT2D eigenvalue weighted by Gasteiger charge is -2.17. The highest BCUT2D eigenvalue weighted by molar-refractivity contribution is 6.06. The molecule has 5 atom stereocenters. The fourth-order valence-electron chi connectivity index (χ4n) is 3.94. The SMILES string of the molecule is NC(CCCCN1C(=O)C2C3C=CC(C3)C2C1=O)C(=O)O. The maximum Gasteiger partial charge on any atom is 0.320 e. The van der Waals surface area contributed by atoms with Gasteiger partial charge >= 0.3 is 5.97 Å². The number of carboxylic acid groups (broad SMARTS) is 1. The summed E-state index contributed by atoms with van der Waals surface area (Å²) < 4.78 is 0. The molecule has 1 saturated carbocycles. The molecule has 2 amide bonds. The van der Waals surface area contributed by atoms with Gasteiger partial charge in [0.15, 0.2) is 0 Å². The van der Waals surface area contributed by atoms with Crippen LogP contribution in [0.4, 0.5) is 0 Å². The Hall–Kier alpha value is -1.69. The molecule has 0 aromatic rings. The third kappa shape index (κ3) is 2.27. The number of rotatable bonds is 6. The number of nitrogens with two attached hydrogens (primary N) is 1. The Morgan fingerprint density at radius 1 is 1.24 bits per heavy atom. The molecule has 3 N–H and O–H groups in total. The van der Waals surface area contributed by atoms with E-state index in [1.165, 1.54) is 4.90 Å². The Balaban J connectivity index is 1.53. The Morgan fingerprint density at radius 2 is 1.81 bits per heavy atom. The normalized spacial score (nSPS) is 34.6. The van der Waals surface area contributed by atoms with Gasteiger partial charge in [0.2, 0.25) is 11.8 Å². The number of nitrogens with zero attached hydrogens (tertiary/aromatic N) is 1. The molecule has 3 rings (SSSR count). The van der Waals surface area contributed by atoms with Crippen LogP contribution in [-0.2, 0) is 14.4 Å². The van der Waals surface area contributed by atoms with Crippen molar-refractivity contribution in [1.29, 1.82) is 0 Å². The van der Waals surface area contributed by atoms with E-state index in [2.05, 4.69) is 12.2 Å². The topological polar surface area (TPSA) is 101 Å². The summed E-state index contributed by atoms with van der Waals surface area (Å²) >= 11 is 0. The standard InChI is InChI=1S/C15H20N2O4/c16-10(15(20)21)3-1-2-6-17-13(18)11-8-4-5-9(7-8)12(11)14(17)19/h4-5,8-12H,1-3,6-7,16H2,(H,20,21). The van der Waals surface area contributed by atoms with E-state index in [1.54, 1.807) is 0 Å². The Morgan fingerprint density at radius 3 is 2.33 bits per heavy atom. The molecule has 5 unspecified atom stereocenters. The van der Waals surface area contributed by atoms with Gasteiger partial charge in [-0.1, -0.05) is 12.2 Å². The van der Waals surface area contributed by atoms with Gasteiger partial charge in [0.05, 0.1) is 11.8 Å². The highest BCUT2D eigenvalue weighted by Crippen LogP contribution is 2.52. The monoisotopic (exact) mass is 292 g/mol. The summed E-state index contributed by atoms with van der Waals surface area (Å²) in [5.74, 6) is -0.902. The molecule has 6 heteroatoms. The van der Waals surface area contributed by atoms with Gasteiger partial charge in [-0.3, -0.25) is 19.3 Å². The number of amides is 2. The minimum Gasteiger partial charge on any atom is -0.480 e.